The van der Waals surface area contributed by atoms with Crippen molar-refractivity contribution in [1.29, 1.82) is 0 Å². The fourth-order valence-corrected chi connectivity index (χ4v) is 5.55. The van der Waals surface area contributed by atoms with E-state index in [1.165, 1.54) is 49.3 Å². The molecule has 2 heteroatoms. The van der Waals surface area contributed by atoms with Crippen LogP contribution in [0, 0.1) is 0 Å². The molecule has 0 saturated carbocycles. The van der Waals surface area contributed by atoms with Crippen LogP contribution in [0.1, 0.15) is 31.9 Å². The van der Waals surface area contributed by atoms with Crippen molar-refractivity contribution < 1.29 is 9.37 Å². The lowest BCUT2D eigenvalue weighted by Gasteiger charge is -2.14. The zero-order valence-corrected chi connectivity index (χ0v) is 18.8. The Morgan fingerprint density at radius 1 is 0.781 bits per heavy atom. The summed E-state index contributed by atoms with van der Waals surface area (Å²) in [6, 6.07) is 28.0. The van der Waals surface area contributed by atoms with Gasteiger partial charge in [0.05, 0.1) is 5.41 Å². The molecule has 32 heavy (non-hydrogen) atoms. The summed E-state index contributed by atoms with van der Waals surface area (Å²) in [5.41, 5.74) is 4.77. The number of hydrogen-bond donors (Lipinski definition) is 0. The van der Waals surface area contributed by atoms with Gasteiger partial charge in [-0.3, -0.25) is 4.79 Å². The van der Waals surface area contributed by atoms with Crippen molar-refractivity contribution in [2.45, 2.75) is 32.6 Å². The zero-order chi connectivity index (χ0) is 22.0. The second kappa shape index (κ2) is 6.74. The summed E-state index contributed by atoms with van der Waals surface area (Å²) in [5, 5.41) is 7.52. The molecule has 0 fully saturated rings. The Bertz CT molecular complexity index is 1560. The van der Waals surface area contributed by atoms with Crippen molar-refractivity contribution in [3.8, 4) is 0 Å². The third-order valence-electron chi connectivity index (χ3n) is 7.52. The monoisotopic (exact) mass is 416 g/mol. The van der Waals surface area contributed by atoms with E-state index in [9.17, 15) is 4.79 Å². The zero-order valence-electron chi connectivity index (χ0n) is 18.8. The summed E-state index contributed by atoms with van der Waals surface area (Å²) in [6.07, 6.45) is 0.445. The van der Waals surface area contributed by atoms with Gasteiger partial charge in [0.25, 0.3) is 0 Å². The van der Waals surface area contributed by atoms with Crippen LogP contribution in [-0.4, -0.2) is 22.6 Å². The quantitative estimate of drug-likeness (QED) is 0.233. The largest absolute Gasteiger partial charge is 0.292 e. The minimum atomic E-state index is -0.0517. The third-order valence-corrected chi connectivity index (χ3v) is 7.52. The Morgan fingerprint density at radius 3 is 2.22 bits per heavy atom. The van der Waals surface area contributed by atoms with E-state index in [-0.39, 0.29) is 11.2 Å². The minimum Gasteiger partial charge on any atom is -0.292 e. The van der Waals surface area contributed by atoms with Crippen molar-refractivity contribution in [3.05, 3.63) is 90.0 Å². The van der Waals surface area contributed by atoms with Crippen LogP contribution in [0.15, 0.2) is 78.9 Å². The molecule has 2 nitrogen and oxygen atoms in total. The van der Waals surface area contributed by atoms with Crippen LogP contribution in [0.5, 0.6) is 0 Å². The van der Waals surface area contributed by atoms with Gasteiger partial charge in [-0.15, -0.1) is 0 Å². The standard InChI is InChI=1S/C30H26NO/c1-19-30(2,3)26-9-4-5-10-27(26)31(19)18-24(32)17-23-14-13-22-12-11-20-7-6-8-21-15-16-25(23)29(22)28(20)21/h4-16H,17-18H2,1-3H3/q+1. The van der Waals surface area contributed by atoms with Crippen LogP contribution >= 0.6 is 0 Å². The highest BCUT2D eigenvalue weighted by Crippen LogP contribution is 2.39. The summed E-state index contributed by atoms with van der Waals surface area (Å²) in [5.74, 6) is 0.242. The normalized spacial score (nSPS) is 15.2. The molecule has 1 aliphatic heterocycles. The lowest BCUT2D eigenvalue weighted by molar-refractivity contribution is -0.426. The lowest BCUT2D eigenvalue weighted by atomic mass is 9.82. The van der Waals surface area contributed by atoms with Crippen LogP contribution in [0.4, 0.5) is 5.69 Å². The van der Waals surface area contributed by atoms with Gasteiger partial charge < -0.3 is 0 Å². The van der Waals surface area contributed by atoms with Gasteiger partial charge in [-0.25, -0.2) is 0 Å². The molecule has 0 N–H and O–H groups in total. The third kappa shape index (κ3) is 2.65. The lowest BCUT2D eigenvalue weighted by Crippen LogP contribution is -2.28. The number of benzene rings is 5. The van der Waals surface area contributed by atoms with Gasteiger partial charge in [0.2, 0.25) is 18.0 Å². The molecule has 0 radical (unpaired) electrons. The number of para-hydroxylation sites is 1. The number of Topliss-reactive ketones (excluding diaryl/α,β-unsaturated/α-hetero) is 1. The molecule has 0 spiro atoms. The first-order chi connectivity index (χ1) is 15.4. The summed E-state index contributed by atoms with van der Waals surface area (Å²) in [6.45, 7) is 7.05. The van der Waals surface area contributed by atoms with Crippen LogP contribution < -0.4 is 0 Å². The molecule has 0 bridgehead atoms. The van der Waals surface area contributed by atoms with Gasteiger partial charge >= 0.3 is 0 Å². The van der Waals surface area contributed by atoms with Gasteiger partial charge in [-0.1, -0.05) is 72.8 Å². The van der Waals surface area contributed by atoms with E-state index in [1.54, 1.807) is 0 Å². The number of rotatable bonds is 4. The van der Waals surface area contributed by atoms with E-state index in [1.807, 2.05) is 0 Å². The highest BCUT2D eigenvalue weighted by Gasteiger charge is 2.43. The maximum Gasteiger partial charge on any atom is 0.209 e. The smallest absolute Gasteiger partial charge is 0.209 e. The second-order valence-electron chi connectivity index (χ2n) is 9.61. The molecule has 0 atom stereocenters. The van der Waals surface area contributed by atoms with E-state index >= 15 is 0 Å². The number of fused-ring (bicyclic) bond motifs is 1. The van der Waals surface area contributed by atoms with E-state index in [4.69, 9.17) is 0 Å². The highest BCUT2D eigenvalue weighted by atomic mass is 16.1. The average molecular weight is 417 g/mol. The van der Waals surface area contributed by atoms with Crippen LogP contribution in [0.25, 0.3) is 32.3 Å². The van der Waals surface area contributed by atoms with Crippen LogP contribution in [0.3, 0.4) is 0 Å². The van der Waals surface area contributed by atoms with Crippen molar-refractivity contribution in [2.24, 2.45) is 0 Å². The molecule has 156 valence electrons. The number of ketones is 1. The van der Waals surface area contributed by atoms with Crippen molar-refractivity contribution >= 4 is 49.5 Å². The molecule has 6 rings (SSSR count). The van der Waals surface area contributed by atoms with Gasteiger partial charge in [0.15, 0.2) is 5.71 Å². The molecular formula is C30H26NO+. The van der Waals surface area contributed by atoms with Crippen molar-refractivity contribution in [2.75, 3.05) is 6.54 Å². The topological polar surface area (TPSA) is 20.1 Å². The average Bonchev–Trinajstić information content (AvgIpc) is 2.99. The predicted molar refractivity (Wildman–Crippen MR) is 134 cm³/mol. The van der Waals surface area contributed by atoms with Gasteiger partial charge in [0, 0.05) is 25.0 Å². The Kier molecular flexibility index (Phi) is 4.04. The first kappa shape index (κ1) is 19.2. The number of nitrogens with zero attached hydrogens (tertiary/aromatic N) is 1. The molecule has 0 aromatic heterocycles. The van der Waals surface area contributed by atoms with Crippen LogP contribution in [0.2, 0.25) is 0 Å². The first-order valence-electron chi connectivity index (χ1n) is 11.3. The number of carbonyl (C=O) groups is 1. The van der Waals surface area contributed by atoms with Crippen molar-refractivity contribution in [1.82, 2.24) is 0 Å². The summed E-state index contributed by atoms with van der Waals surface area (Å²) < 4.78 is 2.22. The Hall–Kier alpha value is -3.52. The molecule has 0 aliphatic carbocycles. The fraction of sp³-hybridized carbons (Fsp3) is 0.200. The molecule has 0 unspecified atom stereocenters. The summed E-state index contributed by atoms with van der Waals surface area (Å²) in [7, 11) is 0. The number of carbonyl (C=O) groups excluding carboxylic acids is 1. The van der Waals surface area contributed by atoms with Gasteiger partial charge in [-0.05, 0) is 51.7 Å². The van der Waals surface area contributed by atoms with E-state index < -0.39 is 0 Å². The molecule has 1 aliphatic rings. The molecule has 5 aromatic carbocycles. The molecule has 5 aromatic rings. The van der Waals surface area contributed by atoms with E-state index in [2.05, 4.69) is 104 Å². The first-order valence-corrected chi connectivity index (χ1v) is 11.3. The molecule has 0 amide bonds. The SMILES string of the molecule is CC1=[N+](CC(=O)Cc2ccc3ccc4cccc5ccc2c3c45)c2ccccc2C1(C)C. The minimum absolute atomic E-state index is 0.0517. The highest BCUT2D eigenvalue weighted by molar-refractivity contribution is 6.23. The van der Waals surface area contributed by atoms with Gasteiger partial charge in [0.1, 0.15) is 0 Å². The Balaban J connectivity index is 1.40. The van der Waals surface area contributed by atoms with E-state index in [0.717, 1.165) is 5.56 Å². The van der Waals surface area contributed by atoms with Crippen LogP contribution in [-0.2, 0) is 16.6 Å². The predicted octanol–water partition coefficient (Wildman–Crippen LogP) is 6.79. The summed E-state index contributed by atoms with van der Waals surface area (Å²) >= 11 is 0. The fourth-order valence-electron chi connectivity index (χ4n) is 5.55. The summed E-state index contributed by atoms with van der Waals surface area (Å²) in [4.78, 5) is 13.3. The Labute approximate surface area is 188 Å². The molecule has 1 heterocycles. The molecular weight excluding hydrogens is 390 g/mol. The van der Waals surface area contributed by atoms with Crippen molar-refractivity contribution in [3.63, 3.8) is 0 Å². The number of hydrogen-bond acceptors (Lipinski definition) is 1. The second-order valence-corrected chi connectivity index (χ2v) is 9.61. The maximum absolute atomic E-state index is 13.3. The van der Waals surface area contributed by atoms with Gasteiger partial charge in [-0.2, -0.15) is 4.58 Å². The molecule has 0 saturated heterocycles. The maximum atomic E-state index is 13.3. The van der Waals surface area contributed by atoms with E-state index in [0.29, 0.717) is 13.0 Å². The Morgan fingerprint density at radius 2 is 1.44 bits per heavy atom.